The minimum absolute atomic E-state index is 0.0501. The molecule has 0 unspecified atom stereocenters. The molecule has 1 aromatic heterocycles. The summed E-state index contributed by atoms with van der Waals surface area (Å²) in [5.74, 6) is 0.751. The highest BCUT2D eigenvalue weighted by Crippen LogP contribution is 2.26. The Bertz CT molecular complexity index is 890. The van der Waals surface area contributed by atoms with Gasteiger partial charge in [0.2, 0.25) is 0 Å². The zero-order valence-electron chi connectivity index (χ0n) is 13.1. The molecule has 1 fully saturated rings. The molecule has 2 amide bonds. The summed E-state index contributed by atoms with van der Waals surface area (Å²) >= 11 is 0. The maximum absolute atomic E-state index is 12.0. The molecule has 1 saturated heterocycles. The summed E-state index contributed by atoms with van der Waals surface area (Å²) in [5.41, 5.74) is 2.65. The Morgan fingerprint density at radius 3 is 2.92 bits per heavy atom. The predicted molar refractivity (Wildman–Crippen MR) is 94.6 cm³/mol. The van der Waals surface area contributed by atoms with E-state index in [1.54, 1.807) is 11.2 Å². The summed E-state index contributed by atoms with van der Waals surface area (Å²) in [6, 6.07) is 15.6. The molecule has 24 heavy (non-hydrogen) atoms. The molecule has 120 valence electrons. The third-order valence-corrected chi connectivity index (χ3v) is 4.04. The number of hydrogen-bond acceptors (Lipinski definition) is 4. The van der Waals surface area contributed by atoms with E-state index in [0.717, 1.165) is 47.6 Å². The highest BCUT2D eigenvalue weighted by Gasteiger charge is 2.19. The molecule has 0 aliphatic carbocycles. The van der Waals surface area contributed by atoms with E-state index in [0.29, 0.717) is 0 Å². The van der Waals surface area contributed by atoms with Crippen LogP contribution in [0.1, 0.15) is 6.42 Å². The summed E-state index contributed by atoms with van der Waals surface area (Å²) in [6.45, 7) is 1.46. The Balaban J connectivity index is 1.65. The molecule has 2 N–H and O–H groups in total. The summed E-state index contributed by atoms with van der Waals surface area (Å²) in [5, 5.41) is 7.16. The second-order valence-corrected chi connectivity index (χ2v) is 5.65. The van der Waals surface area contributed by atoms with E-state index in [1.165, 1.54) is 0 Å². The van der Waals surface area contributed by atoms with Crippen molar-refractivity contribution in [3.8, 4) is 0 Å². The maximum atomic E-state index is 12.0. The summed E-state index contributed by atoms with van der Waals surface area (Å²) in [4.78, 5) is 22.4. The Morgan fingerprint density at radius 1 is 1.08 bits per heavy atom. The number of benzene rings is 2. The largest absolute Gasteiger partial charge is 0.340 e. The lowest BCUT2D eigenvalue weighted by Crippen LogP contribution is -2.46. The van der Waals surface area contributed by atoms with E-state index in [1.807, 2.05) is 48.5 Å². The fraction of sp³-hybridized carbons (Fsp3) is 0.167. The van der Waals surface area contributed by atoms with Gasteiger partial charge >= 0.3 is 6.03 Å². The minimum Gasteiger partial charge on any atom is -0.340 e. The molecule has 3 aromatic rings. The van der Waals surface area contributed by atoms with Crippen molar-refractivity contribution in [2.75, 3.05) is 23.3 Å². The van der Waals surface area contributed by atoms with E-state index in [-0.39, 0.29) is 6.03 Å². The normalized spacial score (nSPS) is 14.5. The van der Waals surface area contributed by atoms with E-state index in [4.69, 9.17) is 0 Å². The highest BCUT2D eigenvalue weighted by atomic mass is 16.2. The lowest BCUT2D eigenvalue weighted by atomic mass is 10.2. The van der Waals surface area contributed by atoms with Gasteiger partial charge < -0.3 is 10.6 Å². The van der Waals surface area contributed by atoms with E-state index < -0.39 is 0 Å². The molecule has 1 aliphatic heterocycles. The van der Waals surface area contributed by atoms with Crippen LogP contribution in [0.4, 0.5) is 22.0 Å². The van der Waals surface area contributed by atoms with Crippen molar-refractivity contribution in [2.45, 2.75) is 6.42 Å². The van der Waals surface area contributed by atoms with Crippen LogP contribution in [-0.2, 0) is 0 Å². The summed E-state index contributed by atoms with van der Waals surface area (Å²) < 4.78 is 0. The van der Waals surface area contributed by atoms with Crippen molar-refractivity contribution < 1.29 is 4.79 Å². The van der Waals surface area contributed by atoms with E-state index >= 15 is 0 Å². The van der Waals surface area contributed by atoms with Gasteiger partial charge in [-0.15, -0.1) is 0 Å². The zero-order chi connectivity index (χ0) is 16.4. The van der Waals surface area contributed by atoms with Gasteiger partial charge in [0.05, 0.1) is 5.52 Å². The first-order valence-corrected chi connectivity index (χ1v) is 7.93. The number of para-hydroxylation sites is 1. The number of nitrogens with one attached hydrogen (secondary N) is 2. The molecule has 0 spiro atoms. The average molecular weight is 319 g/mol. The van der Waals surface area contributed by atoms with Crippen LogP contribution in [0, 0.1) is 0 Å². The molecule has 0 bridgehead atoms. The van der Waals surface area contributed by atoms with Crippen LogP contribution in [0.5, 0.6) is 0 Å². The standard InChI is InChI=1S/C18H17N5O/c24-18-19-9-4-10-23(18)14-6-3-5-13(11-14)22-17-15-7-1-2-8-16(15)20-12-21-17/h1-3,5-8,11-12H,4,9-10H2,(H,19,24)(H,20,21,22). The Kier molecular flexibility index (Phi) is 3.70. The number of carbonyl (C=O) groups excluding carboxylic acids is 1. The molecular formula is C18H17N5O. The molecule has 2 aromatic carbocycles. The van der Waals surface area contributed by atoms with Crippen molar-refractivity contribution in [3.63, 3.8) is 0 Å². The van der Waals surface area contributed by atoms with Crippen molar-refractivity contribution in [2.24, 2.45) is 0 Å². The number of fused-ring (bicyclic) bond motifs is 1. The number of rotatable bonds is 3. The third-order valence-electron chi connectivity index (χ3n) is 4.04. The quantitative estimate of drug-likeness (QED) is 0.777. The fourth-order valence-electron chi connectivity index (χ4n) is 2.87. The van der Waals surface area contributed by atoms with Crippen LogP contribution in [-0.4, -0.2) is 29.1 Å². The van der Waals surface area contributed by atoms with Gasteiger partial charge in [0.15, 0.2) is 0 Å². The predicted octanol–water partition coefficient (Wildman–Crippen LogP) is 3.29. The number of anilines is 3. The number of amides is 2. The first kappa shape index (κ1) is 14.4. The fourth-order valence-corrected chi connectivity index (χ4v) is 2.87. The molecule has 6 heteroatoms. The summed E-state index contributed by atoms with van der Waals surface area (Å²) in [6.07, 6.45) is 2.49. The van der Waals surface area contributed by atoms with E-state index in [9.17, 15) is 4.79 Å². The van der Waals surface area contributed by atoms with E-state index in [2.05, 4.69) is 20.6 Å². The van der Waals surface area contributed by atoms with Crippen LogP contribution >= 0.6 is 0 Å². The number of aromatic nitrogens is 2. The van der Waals surface area contributed by atoms with Crippen LogP contribution in [0.15, 0.2) is 54.9 Å². The topological polar surface area (TPSA) is 70.2 Å². The van der Waals surface area contributed by atoms with Crippen LogP contribution < -0.4 is 15.5 Å². The van der Waals surface area contributed by atoms with Crippen molar-refractivity contribution in [3.05, 3.63) is 54.9 Å². The second kappa shape index (κ2) is 6.16. The Hall–Kier alpha value is -3.15. The number of carbonyl (C=O) groups is 1. The van der Waals surface area contributed by atoms with Gasteiger partial charge in [-0.3, -0.25) is 4.90 Å². The number of urea groups is 1. The molecule has 4 rings (SSSR count). The van der Waals surface area contributed by atoms with Gasteiger partial charge in [0.1, 0.15) is 12.1 Å². The van der Waals surface area contributed by atoms with Crippen LogP contribution in [0.2, 0.25) is 0 Å². The maximum Gasteiger partial charge on any atom is 0.321 e. The lowest BCUT2D eigenvalue weighted by molar-refractivity contribution is 0.243. The highest BCUT2D eigenvalue weighted by molar-refractivity contribution is 5.94. The van der Waals surface area contributed by atoms with Gasteiger partial charge in [0, 0.05) is 29.9 Å². The van der Waals surface area contributed by atoms with Gasteiger partial charge in [-0.05, 0) is 36.8 Å². The Labute approximate surface area is 139 Å². The second-order valence-electron chi connectivity index (χ2n) is 5.65. The smallest absolute Gasteiger partial charge is 0.321 e. The van der Waals surface area contributed by atoms with Gasteiger partial charge in [0.25, 0.3) is 0 Å². The zero-order valence-corrected chi connectivity index (χ0v) is 13.1. The van der Waals surface area contributed by atoms with Crippen molar-refractivity contribution in [1.82, 2.24) is 15.3 Å². The van der Waals surface area contributed by atoms with Gasteiger partial charge in [-0.2, -0.15) is 0 Å². The van der Waals surface area contributed by atoms with Gasteiger partial charge in [-0.25, -0.2) is 14.8 Å². The molecule has 0 radical (unpaired) electrons. The first-order valence-electron chi connectivity index (χ1n) is 7.93. The molecule has 0 saturated carbocycles. The third kappa shape index (κ3) is 2.74. The molecule has 0 atom stereocenters. The first-order chi connectivity index (χ1) is 11.8. The number of nitrogens with zero attached hydrogens (tertiary/aromatic N) is 3. The summed E-state index contributed by atoms with van der Waals surface area (Å²) in [7, 11) is 0. The minimum atomic E-state index is -0.0501. The lowest BCUT2D eigenvalue weighted by Gasteiger charge is -2.27. The van der Waals surface area contributed by atoms with Crippen LogP contribution in [0.3, 0.4) is 0 Å². The molecular weight excluding hydrogens is 302 g/mol. The van der Waals surface area contributed by atoms with Crippen molar-refractivity contribution in [1.29, 1.82) is 0 Å². The van der Waals surface area contributed by atoms with Crippen molar-refractivity contribution >= 4 is 34.1 Å². The molecule has 2 heterocycles. The average Bonchev–Trinajstić information content (AvgIpc) is 2.63. The monoisotopic (exact) mass is 319 g/mol. The van der Waals surface area contributed by atoms with Crippen LogP contribution in [0.25, 0.3) is 10.9 Å². The van der Waals surface area contributed by atoms with Gasteiger partial charge in [-0.1, -0.05) is 18.2 Å². The Morgan fingerprint density at radius 2 is 2.00 bits per heavy atom. The number of hydrogen-bond donors (Lipinski definition) is 2. The molecule has 1 aliphatic rings. The molecule has 6 nitrogen and oxygen atoms in total. The SMILES string of the molecule is O=C1NCCCN1c1cccc(Nc2ncnc3ccccc23)c1.